The lowest BCUT2D eigenvalue weighted by Crippen LogP contribution is -1.95. The molecule has 0 aliphatic heterocycles. The maximum Gasteiger partial charge on any atom is 0.140 e. The molecule has 0 saturated carbocycles. The van der Waals surface area contributed by atoms with Crippen LogP contribution in [0.15, 0.2) is 36.8 Å². The maximum atomic E-state index is 9.36. The summed E-state index contributed by atoms with van der Waals surface area (Å²) in [5.41, 5.74) is 4.39. The predicted octanol–water partition coefficient (Wildman–Crippen LogP) is 3.30. The summed E-state index contributed by atoms with van der Waals surface area (Å²) in [6, 6.07) is 8.20. The molecule has 0 N–H and O–H groups in total. The molecule has 3 aromatic rings. The van der Waals surface area contributed by atoms with Crippen molar-refractivity contribution in [3.63, 3.8) is 0 Å². The second-order valence-corrected chi connectivity index (χ2v) is 4.68. The van der Waals surface area contributed by atoms with Crippen molar-refractivity contribution in [3.05, 3.63) is 48.0 Å². The van der Waals surface area contributed by atoms with Crippen molar-refractivity contribution in [1.29, 1.82) is 5.26 Å². The molecule has 0 unspecified atom stereocenters. The first-order valence-corrected chi connectivity index (χ1v) is 6.55. The fourth-order valence-corrected chi connectivity index (χ4v) is 2.49. The Labute approximate surface area is 117 Å². The molecule has 0 fully saturated rings. The smallest absolute Gasteiger partial charge is 0.140 e. The number of nitriles is 1. The molecule has 0 aliphatic rings. The Bertz CT molecular complexity index is 824. The summed E-state index contributed by atoms with van der Waals surface area (Å²) in [5, 5.41) is 10.4. The minimum atomic E-state index is 0.594. The van der Waals surface area contributed by atoms with E-state index in [9.17, 15) is 5.26 Å². The molecule has 3 rings (SSSR count). The van der Waals surface area contributed by atoms with Gasteiger partial charge in [0.1, 0.15) is 11.7 Å². The van der Waals surface area contributed by atoms with E-state index in [1.165, 1.54) is 0 Å². The largest absolute Gasteiger partial charge is 0.333 e. The van der Waals surface area contributed by atoms with Crippen molar-refractivity contribution in [1.82, 2.24) is 14.5 Å². The van der Waals surface area contributed by atoms with Gasteiger partial charge in [0.2, 0.25) is 0 Å². The molecule has 98 valence electrons. The van der Waals surface area contributed by atoms with Gasteiger partial charge < -0.3 is 4.57 Å². The standard InChI is InChI=1S/C16H14N4/c1-3-20-7-5-14-15(12-4-6-18-11(2)8-12)13(9-17)10-19-16(14)20/h4-8,10H,3H2,1-2H3. The molecule has 0 atom stereocenters. The van der Waals surface area contributed by atoms with E-state index in [1.54, 1.807) is 12.4 Å². The van der Waals surface area contributed by atoms with Crippen LogP contribution in [0.4, 0.5) is 0 Å². The normalized spacial score (nSPS) is 10.7. The first-order valence-electron chi connectivity index (χ1n) is 6.55. The van der Waals surface area contributed by atoms with E-state index >= 15 is 0 Å². The van der Waals surface area contributed by atoms with Gasteiger partial charge in [-0.2, -0.15) is 5.26 Å². The van der Waals surface area contributed by atoms with Crippen molar-refractivity contribution < 1.29 is 0 Å². The summed E-state index contributed by atoms with van der Waals surface area (Å²) in [7, 11) is 0. The van der Waals surface area contributed by atoms with E-state index in [0.29, 0.717) is 5.56 Å². The van der Waals surface area contributed by atoms with Crippen molar-refractivity contribution >= 4 is 11.0 Å². The van der Waals surface area contributed by atoms with E-state index < -0.39 is 0 Å². The lowest BCUT2D eigenvalue weighted by atomic mass is 9.99. The first kappa shape index (κ1) is 12.4. The fourth-order valence-electron chi connectivity index (χ4n) is 2.49. The van der Waals surface area contributed by atoms with Gasteiger partial charge in [-0.3, -0.25) is 4.98 Å². The van der Waals surface area contributed by atoms with Crippen LogP contribution in [0.25, 0.3) is 22.2 Å². The minimum Gasteiger partial charge on any atom is -0.333 e. The summed E-state index contributed by atoms with van der Waals surface area (Å²) < 4.78 is 2.08. The number of pyridine rings is 2. The Morgan fingerprint density at radius 3 is 2.85 bits per heavy atom. The number of aryl methyl sites for hydroxylation is 2. The summed E-state index contributed by atoms with van der Waals surface area (Å²) in [5.74, 6) is 0. The molecule has 3 heterocycles. The molecule has 0 bridgehead atoms. The zero-order chi connectivity index (χ0) is 14.1. The Morgan fingerprint density at radius 1 is 1.30 bits per heavy atom. The predicted molar refractivity (Wildman–Crippen MR) is 78.1 cm³/mol. The third-order valence-electron chi connectivity index (χ3n) is 3.44. The molecule has 0 aliphatic carbocycles. The third kappa shape index (κ3) is 1.84. The van der Waals surface area contributed by atoms with Gasteiger partial charge in [0, 0.05) is 41.8 Å². The number of nitrogens with zero attached hydrogens (tertiary/aromatic N) is 4. The van der Waals surface area contributed by atoms with Crippen LogP contribution < -0.4 is 0 Å². The molecule has 0 amide bonds. The number of fused-ring (bicyclic) bond motifs is 1. The molecule has 4 nitrogen and oxygen atoms in total. The monoisotopic (exact) mass is 262 g/mol. The molecule has 0 aromatic carbocycles. The molecule has 0 spiro atoms. The average molecular weight is 262 g/mol. The van der Waals surface area contributed by atoms with Gasteiger partial charge in [-0.15, -0.1) is 0 Å². The van der Waals surface area contributed by atoms with Gasteiger partial charge >= 0.3 is 0 Å². The lowest BCUT2D eigenvalue weighted by Gasteiger charge is -2.08. The number of hydrogen-bond acceptors (Lipinski definition) is 3. The Hall–Kier alpha value is -2.67. The van der Waals surface area contributed by atoms with Crippen LogP contribution in [-0.4, -0.2) is 14.5 Å². The summed E-state index contributed by atoms with van der Waals surface area (Å²) >= 11 is 0. The number of aromatic nitrogens is 3. The number of rotatable bonds is 2. The van der Waals surface area contributed by atoms with Crippen molar-refractivity contribution in [2.45, 2.75) is 20.4 Å². The van der Waals surface area contributed by atoms with Crippen molar-refractivity contribution in [2.24, 2.45) is 0 Å². The Balaban J connectivity index is 2.38. The second kappa shape index (κ2) is 4.78. The SMILES string of the molecule is CCn1ccc2c(-c3ccnc(C)c3)c(C#N)cnc21. The summed E-state index contributed by atoms with van der Waals surface area (Å²) in [6.07, 6.45) is 5.44. The van der Waals surface area contributed by atoms with Crippen molar-refractivity contribution in [2.75, 3.05) is 0 Å². The van der Waals surface area contributed by atoms with E-state index in [0.717, 1.165) is 34.4 Å². The van der Waals surface area contributed by atoms with Gasteiger partial charge in [-0.1, -0.05) is 0 Å². The van der Waals surface area contributed by atoms with Crippen molar-refractivity contribution in [3.8, 4) is 17.2 Å². The van der Waals surface area contributed by atoms with Crippen LogP contribution in [-0.2, 0) is 6.54 Å². The van der Waals surface area contributed by atoms with E-state index in [1.807, 2.05) is 31.3 Å². The first-order chi connectivity index (χ1) is 9.74. The third-order valence-corrected chi connectivity index (χ3v) is 3.44. The summed E-state index contributed by atoms with van der Waals surface area (Å²) in [4.78, 5) is 8.63. The van der Waals surface area contributed by atoms with Gasteiger partial charge in [0.15, 0.2) is 0 Å². The topological polar surface area (TPSA) is 54.5 Å². The van der Waals surface area contributed by atoms with Gasteiger partial charge in [-0.05, 0) is 37.6 Å². The van der Waals surface area contributed by atoms with Crippen LogP contribution in [0.2, 0.25) is 0 Å². The van der Waals surface area contributed by atoms with Gasteiger partial charge in [-0.25, -0.2) is 4.98 Å². The van der Waals surface area contributed by atoms with Crippen LogP contribution in [0.3, 0.4) is 0 Å². The van der Waals surface area contributed by atoms with Gasteiger partial charge in [0.25, 0.3) is 0 Å². The lowest BCUT2D eigenvalue weighted by molar-refractivity contribution is 0.787. The number of hydrogen-bond donors (Lipinski definition) is 0. The highest BCUT2D eigenvalue weighted by Crippen LogP contribution is 2.31. The van der Waals surface area contributed by atoms with Crippen LogP contribution in [0.5, 0.6) is 0 Å². The maximum absolute atomic E-state index is 9.36. The molecule has 3 aromatic heterocycles. The van der Waals surface area contributed by atoms with Crippen LogP contribution in [0.1, 0.15) is 18.2 Å². The molecule has 4 heteroatoms. The molecule has 0 saturated heterocycles. The highest BCUT2D eigenvalue weighted by atomic mass is 15.0. The molecule has 20 heavy (non-hydrogen) atoms. The molecule has 0 radical (unpaired) electrons. The zero-order valence-corrected chi connectivity index (χ0v) is 11.5. The molecular weight excluding hydrogens is 248 g/mol. The quantitative estimate of drug-likeness (QED) is 0.712. The van der Waals surface area contributed by atoms with Crippen LogP contribution in [0, 0.1) is 18.3 Å². The highest BCUT2D eigenvalue weighted by molar-refractivity contribution is 5.96. The van der Waals surface area contributed by atoms with Gasteiger partial charge in [0.05, 0.1) is 5.56 Å². The van der Waals surface area contributed by atoms with E-state index in [4.69, 9.17) is 0 Å². The second-order valence-electron chi connectivity index (χ2n) is 4.68. The van der Waals surface area contributed by atoms with E-state index in [2.05, 4.69) is 27.5 Å². The highest BCUT2D eigenvalue weighted by Gasteiger charge is 2.13. The Morgan fingerprint density at radius 2 is 2.15 bits per heavy atom. The minimum absolute atomic E-state index is 0.594. The fraction of sp³-hybridized carbons (Fsp3) is 0.188. The molecular formula is C16H14N4. The average Bonchev–Trinajstić information content (AvgIpc) is 2.89. The zero-order valence-electron chi connectivity index (χ0n) is 11.5. The van der Waals surface area contributed by atoms with Crippen LogP contribution >= 0.6 is 0 Å². The summed E-state index contributed by atoms with van der Waals surface area (Å²) in [6.45, 7) is 4.89. The Kier molecular flexibility index (Phi) is 2.96. The van der Waals surface area contributed by atoms with E-state index in [-0.39, 0.29) is 0 Å².